The third-order valence-electron chi connectivity index (χ3n) is 4.43. The van der Waals surface area contributed by atoms with Gasteiger partial charge in [0.25, 0.3) is 5.91 Å². The number of carbonyl (C=O) groups is 1. The van der Waals surface area contributed by atoms with Gasteiger partial charge in [-0.05, 0) is 48.4 Å². The summed E-state index contributed by atoms with van der Waals surface area (Å²) in [5.74, 6) is -0.104. The SMILES string of the molecule is CCc1ccc(C(=O)Nc2ccc(-c3cn4ccccc4n3)cc2)cc1. The quantitative estimate of drug-likeness (QED) is 0.579. The summed E-state index contributed by atoms with van der Waals surface area (Å²) in [5, 5.41) is 2.94. The van der Waals surface area contributed by atoms with Gasteiger partial charge in [0, 0.05) is 29.2 Å². The predicted molar refractivity (Wildman–Crippen MR) is 104 cm³/mol. The molecule has 1 amide bonds. The number of imidazole rings is 1. The number of amides is 1. The van der Waals surface area contributed by atoms with Crippen LogP contribution in [0.15, 0.2) is 79.1 Å². The number of benzene rings is 2. The minimum atomic E-state index is -0.104. The van der Waals surface area contributed by atoms with Crippen LogP contribution in [-0.2, 0) is 6.42 Å². The second-order valence-electron chi connectivity index (χ2n) is 6.17. The van der Waals surface area contributed by atoms with Crippen molar-refractivity contribution in [3.63, 3.8) is 0 Å². The van der Waals surface area contributed by atoms with Crippen LogP contribution >= 0.6 is 0 Å². The van der Waals surface area contributed by atoms with Crippen molar-refractivity contribution < 1.29 is 4.79 Å². The van der Waals surface area contributed by atoms with Gasteiger partial charge in [0.05, 0.1) is 5.69 Å². The Labute approximate surface area is 152 Å². The van der Waals surface area contributed by atoms with Crippen molar-refractivity contribution in [2.45, 2.75) is 13.3 Å². The molecule has 26 heavy (non-hydrogen) atoms. The Morgan fingerprint density at radius 3 is 2.46 bits per heavy atom. The zero-order chi connectivity index (χ0) is 17.9. The molecule has 0 aliphatic carbocycles. The number of nitrogens with zero attached hydrogens (tertiary/aromatic N) is 2. The van der Waals surface area contributed by atoms with Gasteiger partial charge in [0.15, 0.2) is 0 Å². The summed E-state index contributed by atoms with van der Waals surface area (Å²) < 4.78 is 1.99. The van der Waals surface area contributed by atoms with Crippen molar-refractivity contribution in [1.29, 1.82) is 0 Å². The maximum Gasteiger partial charge on any atom is 0.255 e. The van der Waals surface area contributed by atoms with E-state index in [9.17, 15) is 4.79 Å². The van der Waals surface area contributed by atoms with Crippen LogP contribution in [0.1, 0.15) is 22.8 Å². The number of aryl methyl sites for hydroxylation is 1. The molecule has 128 valence electrons. The summed E-state index contributed by atoms with van der Waals surface area (Å²) >= 11 is 0. The molecular formula is C22H19N3O. The molecule has 0 atom stereocenters. The molecule has 4 heteroatoms. The molecule has 0 unspecified atom stereocenters. The van der Waals surface area contributed by atoms with Crippen molar-refractivity contribution in [2.75, 3.05) is 5.32 Å². The largest absolute Gasteiger partial charge is 0.322 e. The molecule has 0 radical (unpaired) electrons. The average molecular weight is 341 g/mol. The van der Waals surface area contributed by atoms with E-state index in [0.717, 1.165) is 29.0 Å². The number of fused-ring (bicyclic) bond motifs is 1. The van der Waals surface area contributed by atoms with E-state index in [1.165, 1.54) is 5.56 Å². The molecule has 0 aliphatic rings. The minimum Gasteiger partial charge on any atom is -0.322 e. The summed E-state index contributed by atoms with van der Waals surface area (Å²) in [4.78, 5) is 17.0. The molecule has 4 rings (SSSR count). The van der Waals surface area contributed by atoms with Crippen molar-refractivity contribution >= 4 is 17.2 Å². The Hall–Kier alpha value is -3.40. The highest BCUT2D eigenvalue weighted by atomic mass is 16.1. The Morgan fingerprint density at radius 1 is 1.00 bits per heavy atom. The van der Waals surface area contributed by atoms with Crippen molar-refractivity contribution in [1.82, 2.24) is 9.38 Å². The maximum atomic E-state index is 12.4. The van der Waals surface area contributed by atoms with Crippen LogP contribution in [0, 0.1) is 0 Å². The molecule has 2 aromatic heterocycles. The van der Waals surface area contributed by atoms with Gasteiger partial charge in [-0.2, -0.15) is 0 Å². The van der Waals surface area contributed by atoms with Gasteiger partial charge in [-0.3, -0.25) is 4.79 Å². The van der Waals surface area contributed by atoms with Gasteiger partial charge < -0.3 is 9.72 Å². The van der Waals surface area contributed by atoms with E-state index in [2.05, 4.69) is 17.2 Å². The van der Waals surface area contributed by atoms with Crippen LogP contribution in [0.5, 0.6) is 0 Å². The smallest absolute Gasteiger partial charge is 0.255 e. The molecule has 0 saturated heterocycles. The van der Waals surface area contributed by atoms with E-state index in [4.69, 9.17) is 0 Å². The first kappa shape index (κ1) is 16.1. The molecule has 0 aliphatic heterocycles. The van der Waals surface area contributed by atoms with Gasteiger partial charge in [-0.25, -0.2) is 4.98 Å². The Bertz CT molecular complexity index is 1010. The highest BCUT2D eigenvalue weighted by Gasteiger charge is 2.07. The van der Waals surface area contributed by atoms with Gasteiger partial charge >= 0.3 is 0 Å². The van der Waals surface area contributed by atoms with E-state index >= 15 is 0 Å². The van der Waals surface area contributed by atoms with Crippen LogP contribution in [0.3, 0.4) is 0 Å². The Balaban J connectivity index is 1.50. The molecule has 0 bridgehead atoms. The van der Waals surface area contributed by atoms with Crippen LogP contribution in [-0.4, -0.2) is 15.3 Å². The van der Waals surface area contributed by atoms with E-state index in [1.54, 1.807) is 0 Å². The number of aromatic nitrogens is 2. The summed E-state index contributed by atoms with van der Waals surface area (Å²) in [6.45, 7) is 2.10. The number of carbonyl (C=O) groups excluding carboxylic acids is 1. The lowest BCUT2D eigenvalue weighted by atomic mass is 10.1. The fourth-order valence-corrected chi connectivity index (χ4v) is 2.89. The molecule has 0 spiro atoms. The normalized spacial score (nSPS) is 10.8. The van der Waals surface area contributed by atoms with Crippen LogP contribution in [0.4, 0.5) is 5.69 Å². The Kier molecular flexibility index (Phi) is 4.23. The molecule has 4 aromatic rings. The third-order valence-corrected chi connectivity index (χ3v) is 4.43. The lowest BCUT2D eigenvalue weighted by molar-refractivity contribution is 0.102. The highest BCUT2D eigenvalue weighted by Crippen LogP contribution is 2.21. The van der Waals surface area contributed by atoms with Crippen molar-refractivity contribution in [2.24, 2.45) is 0 Å². The standard InChI is InChI=1S/C22H19N3O/c1-2-16-6-8-18(9-7-16)22(26)23-19-12-10-17(11-13-19)20-15-25-14-4-3-5-21(25)24-20/h3-15H,2H2,1H3,(H,23,26). The molecule has 2 heterocycles. The summed E-state index contributed by atoms with van der Waals surface area (Å²) in [6, 6.07) is 21.4. The van der Waals surface area contributed by atoms with Gasteiger partial charge in [0.2, 0.25) is 0 Å². The molecule has 1 N–H and O–H groups in total. The fraction of sp³-hybridized carbons (Fsp3) is 0.0909. The molecule has 2 aromatic carbocycles. The lowest BCUT2D eigenvalue weighted by Crippen LogP contribution is -2.11. The van der Waals surface area contributed by atoms with Crippen LogP contribution < -0.4 is 5.32 Å². The number of pyridine rings is 1. The van der Waals surface area contributed by atoms with Crippen LogP contribution in [0.25, 0.3) is 16.9 Å². The zero-order valence-corrected chi connectivity index (χ0v) is 14.5. The average Bonchev–Trinajstić information content (AvgIpc) is 3.13. The Morgan fingerprint density at radius 2 is 1.77 bits per heavy atom. The zero-order valence-electron chi connectivity index (χ0n) is 14.5. The first-order valence-electron chi connectivity index (χ1n) is 8.67. The van der Waals surface area contributed by atoms with Gasteiger partial charge in [-0.15, -0.1) is 0 Å². The van der Waals surface area contributed by atoms with Gasteiger partial charge in [0.1, 0.15) is 5.65 Å². The molecule has 0 saturated carbocycles. The summed E-state index contributed by atoms with van der Waals surface area (Å²) in [6.07, 6.45) is 4.94. The third kappa shape index (κ3) is 3.22. The number of rotatable bonds is 4. The van der Waals surface area contributed by atoms with Crippen molar-refractivity contribution in [3.8, 4) is 11.3 Å². The first-order chi connectivity index (χ1) is 12.7. The van der Waals surface area contributed by atoms with E-state index < -0.39 is 0 Å². The minimum absolute atomic E-state index is 0.104. The topological polar surface area (TPSA) is 46.4 Å². The number of anilines is 1. The molecule has 4 nitrogen and oxygen atoms in total. The van der Waals surface area contributed by atoms with E-state index in [1.807, 2.05) is 83.5 Å². The van der Waals surface area contributed by atoms with Crippen molar-refractivity contribution in [3.05, 3.63) is 90.3 Å². The second kappa shape index (κ2) is 6.84. The number of hydrogen-bond donors (Lipinski definition) is 1. The lowest BCUT2D eigenvalue weighted by Gasteiger charge is -2.06. The second-order valence-corrected chi connectivity index (χ2v) is 6.17. The first-order valence-corrected chi connectivity index (χ1v) is 8.67. The summed E-state index contributed by atoms with van der Waals surface area (Å²) in [5.41, 5.74) is 5.48. The van der Waals surface area contributed by atoms with E-state index in [-0.39, 0.29) is 5.91 Å². The molecule has 0 fully saturated rings. The monoisotopic (exact) mass is 341 g/mol. The number of nitrogens with one attached hydrogen (secondary N) is 1. The van der Waals surface area contributed by atoms with Gasteiger partial charge in [-0.1, -0.05) is 37.3 Å². The molecular weight excluding hydrogens is 322 g/mol. The highest BCUT2D eigenvalue weighted by molar-refractivity contribution is 6.04. The van der Waals surface area contributed by atoms with Crippen LogP contribution in [0.2, 0.25) is 0 Å². The summed E-state index contributed by atoms with van der Waals surface area (Å²) in [7, 11) is 0. The maximum absolute atomic E-state index is 12.4. The predicted octanol–water partition coefficient (Wildman–Crippen LogP) is 4.82. The van der Waals surface area contributed by atoms with E-state index in [0.29, 0.717) is 5.56 Å². The number of hydrogen-bond acceptors (Lipinski definition) is 2. The fourth-order valence-electron chi connectivity index (χ4n) is 2.89.